The number of amides is 1. The van der Waals surface area contributed by atoms with Gasteiger partial charge in [-0.3, -0.25) is 9.59 Å². The third kappa shape index (κ3) is 13.1. The lowest BCUT2D eigenvalue weighted by atomic mass is 9.80. The van der Waals surface area contributed by atoms with Gasteiger partial charge in [0.2, 0.25) is 5.91 Å². The molecule has 0 unspecified atom stereocenters. The number of ketones is 1. The molecule has 40 heavy (non-hydrogen) atoms. The predicted octanol–water partition coefficient (Wildman–Crippen LogP) is 8.87. The summed E-state index contributed by atoms with van der Waals surface area (Å²) < 4.78 is 5.29. The molecule has 0 heterocycles. The van der Waals surface area contributed by atoms with Crippen LogP contribution in [0.5, 0.6) is 5.75 Å². The Bertz CT molecular complexity index is 1010. The largest absolute Gasteiger partial charge is 0.496 e. The molecule has 1 amide bonds. The average Bonchev–Trinajstić information content (AvgIpc) is 2.96. The number of aryl methyl sites for hydroxylation is 3. The van der Waals surface area contributed by atoms with Gasteiger partial charge in [0.05, 0.1) is 7.11 Å². The van der Waals surface area contributed by atoms with Crippen LogP contribution >= 0.6 is 0 Å². The number of methoxy groups -OCH3 is 1. The number of benzene rings is 2. The maximum Gasteiger partial charge on any atom is 0.227 e. The summed E-state index contributed by atoms with van der Waals surface area (Å²) in [5.74, 6) is 2.13. The zero-order valence-electron chi connectivity index (χ0n) is 27.4. The summed E-state index contributed by atoms with van der Waals surface area (Å²) in [6, 6.07) is 9.92. The number of rotatable bonds is 8. The summed E-state index contributed by atoms with van der Waals surface area (Å²) >= 11 is 0. The Labute approximate surface area is 245 Å². The quantitative estimate of drug-likeness (QED) is 0.320. The van der Waals surface area contributed by atoms with E-state index >= 15 is 0 Å². The van der Waals surface area contributed by atoms with Crippen LogP contribution in [-0.4, -0.2) is 32.4 Å². The van der Waals surface area contributed by atoms with Crippen LogP contribution in [0.3, 0.4) is 0 Å². The van der Waals surface area contributed by atoms with Crippen molar-refractivity contribution in [2.45, 2.75) is 107 Å². The van der Waals surface area contributed by atoms with Gasteiger partial charge in [0, 0.05) is 23.2 Å². The van der Waals surface area contributed by atoms with Gasteiger partial charge in [-0.2, -0.15) is 0 Å². The zero-order valence-corrected chi connectivity index (χ0v) is 27.4. The topological polar surface area (TPSA) is 67.4 Å². The molecule has 2 aromatic rings. The number of hydrogen-bond donors (Lipinski definition) is 2. The van der Waals surface area contributed by atoms with Crippen LogP contribution < -0.4 is 15.4 Å². The van der Waals surface area contributed by atoms with E-state index in [0.717, 1.165) is 54.3 Å². The van der Waals surface area contributed by atoms with Crippen LogP contribution in [0.1, 0.15) is 113 Å². The lowest BCUT2D eigenvalue weighted by molar-refractivity contribution is -0.121. The highest BCUT2D eigenvalue weighted by molar-refractivity contribution is 5.96. The average molecular weight is 555 g/mol. The van der Waals surface area contributed by atoms with Crippen molar-refractivity contribution < 1.29 is 14.3 Å². The molecule has 2 N–H and O–H groups in total. The molecule has 1 fully saturated rings. The fraction of sp³-hybridized carbons (Fsp3) is 0.600. The van der Waals surface area contributed by atoms with Gasteiger partial charge in [-0.1, -0.05) is 58.7 Å². The minimum absolute atomic E-state index is 0.158. The molecule has 3 rings (SSSR count). The van der Waals surface area contributed by atoms with E-state index in [-0.39, 0.29) is 17.6 Å². The molecule has 0 spiro atoms. The molecule has 1 aliphatic rings. The van der Waals surface area contributed by atoms with Crippen molar-refractivity contribution in [1.29, 1.82) is 0 Å². The van der Waals surface area contributed by atoms with E-state index in [1.165, 1.54) is 42.4 Å². The van der Waals surface area contributed by atoms with Gasteiger partial charge >= 0.3 is 0 Å². The molecule has 226 valence electrons. The minimum Gasteiger partial charge on any atom is -0.496 e. The van der Waals surface area contributed by atoms with Crippen molar-refractivity contribution in [2.24, 2.45) is 11.8 Å². The molecular weight excluding hydrogens is 496 g/mol. The Morgan fingerprint density at radius 1 is 0.925 bits per heavy atom. The summed E-state index contributed by atoms with van der Waals surface area (Å²) in [5, 5.41) is 6.04. The second kappa shape index (κ2) is 21.1. The van der Waals surface area contributed by atoms with Crippen molar-refractivity contribution in [2.75, 3.05) is 26.0 Å². The molecule has 0 radical (unpaired) electrons. The number of Topliss-reactive ketones (excluding diaryl/α,β-unsaturated/α-hetero) is 1. The third-order valence-electron chi connectivity index (χ3n) is 7.32. The first kappa shape index (κ1) is 37.3. The highest BCUT2D eigenvalue weighted by Crippen LogP contribution is 2.31. The van der Waals surface area contributed by atoms with Crippen molar-refractivity contribution in [3.8, 4) is 5.75 Å². The molecule has 1 aliphatic carbocycles. The SMILES string of the molecule is CC.CCC1CCC(C(=O)Nc2ccc(C)c(OC)c2)CC1.CCCNC.CCc1c(C)cc(C)cc1C(C)=O. The first-order chi connectivity index (χ1) is 19.1. The summed E-state index contributed by atoms with van der Waals surface area (Å²) in [7, 11) is 3.61. The monoisotopic (exact) mass is 554 g/mol. The van der Waals surface area contributed by atoms with Crippen LogP contribution in [0, 0.1) is 32.6 Å². The van der Waals surface area contributed by atoms with E-state index in [9.17, 15) is 9.59 Å². The van der Waals surface area contributed by atoms with Crippen LogP contribution in [-0.2, 0) is 11.2 Å². The van der Waals surface area contributed by atoms with Gasteiger partial charge in [-0.05, 0) is 115 Å². The Kier molecular flexibility index (Phi) is 19.7. The van der Waals surface area contributed by atoms with E-state index < -0.39 is 0 Å². The first-order valence-electron chi connectivity index (χ1n) is 15.3. The number of anilines is 1. The number of hydrogen-bond acceptors (Lipinski definition) is 4. The molecule has 0 aromatic heterocycles. The fourth-order valence-corrected chi connectivity index (χ4v) is 5.01. The molecule has 0 aliphatic heterocycles. The second-order valence-corrected chi connectivity index (χ2v) is 10.4. The van der Waals surface area contributed by atoms with Crippen molar-refractivity contribution in [3.63, 3.8) is 0 Å². The Balaban J connectivity index is 0.000000652. The van der Waals surface area contributed by atoms with E-state index in [2.05, 4.69) is 44.4 Å². The van der Waals surface area contributed by atoms with Gasteiger partial charge in [0.25, 0.3) is 0 Å². The number of ether oxygens (including phenoxy) is 1. The van der Waals surface area contributed by atoms with Gasteiger partial charge in [0.15, 0.2) is 5.78 Å². The summed E-state index contributed by atoms with van der Waals surface area (Å²) in [6.45, 7) is 19.3. The normalized spacial score (nSPS) is 15.7. The summed E-state index contributed by atoms with van der Waals surface area (Å²) in [6.07, 6.45) is 7.82. The van der Waals surface area contributed by atoms with Crippen molar-refractivity contribution in [1.82, 2.24) is 5.32 Å². The molecular formula is C35H58N2O3. The maximum atomic E-state index is 12.3. The van der Waals surface area contributed by atoms with E-state index in [4.69, 9.17) is 4.74 Å². The predicted molar refractivity (Wildman–Crippen MR) is 173 cm³/mol. The van der Waals surface area contributed by atoms with Crippen LogP contribution in [0.2, 0.25) is 0 Å². The van der Waals surface area contributed by atoms with Crippen molar-refractivity contribution >= 4 is 17.4 Å². The minimum atomic E-state index is 0.158. The van der Waals surface area contributed by atoms with E-state index in [1.807, 2.05) is 59.0 Å². The summed E-state index contributed by atoms with van der Waals surface area (Å²) in [4.78, 5) is 23.6. The Hall–Kier alpha value is -2.66. The number of nitrogens with one attached hydrogen (secondary N) is 2. The van der Waals surface area contributed by atoms with Gasteiger partial charge in [0.1, 0.15) is 5.75 Å². The highest BCUT2D eigenvalue weighted by Gasteiger charge is 2.25. The second-order valence-electron chi connectivity index (χ2n) is 10.4. The molecule has 0 atom stereocenters. The lowest BCUT2D eigenvalue weighted by Gasteiger charge is -2.27. The van der Waals surface area contributed by atoms with Crippen molar-refractivity contribution in [3.05, 3.63) is 58.1 Å². The smallest absolute Gasteiger partial charge is 0.227 e. The molecule has 5 heteroatoms. The van der Waals surface area contributed by atoms with Crippen LogP contribution in [0.4, 0.5) is 5.69 Å². The Morgan fingerprint density at radius 3 is 2.00 bits per heavy atom. The van der Waals surface area contributed by atoms with Crippen LogP contribution in [0.25, 0.3) is 0 Å². The first-order valence-corrected chi connectivity index (χ1v) is 15.3. The maximum absolute atomic E-state index is 12.3. The van der Waals surface area contributed by atoms with E-state index in [1.54, 1.807) is 14.0 Å². The van der Waals surface area contributed by atoms with Gasteiger partial charge in [-0.15, -0.1) is 0 Å². The lowest BCUT2D eigenvalue weighted by Crippen LogP contribution is -2.27. The van der Waals surface area contributed by atoms with Gasteiger partial charge in [-0.25, -0.2) is 0 Å². The highest BCUT2D eigenvalue weighted by atomic mass is 16.5. The Morgan fingerprint density at radius 2 is 1.55 bits per heavy atom. The van der Waals surface area contributed by atoms with Gasteiger partial charge < -0.3 is 15.4 Å². The number of carbonyl (C=O) groups is 2. The molecule has 0 bridgehead atoms. The molecule has 5 nitrogen and oxygen atoms in total. The van der Waals surface area contributed by atoms with Crippen LogP contribution in [0.15, 0.2) is 30.3 Å². The molecule has 0 saturated heterocycles. The fourth-order valence-electron chi connectivity index (χ4n) is 5.01. The number of carbonyl (C=O) groups excluding carboxylic acids is 2. The molecule has 2 aromatic carbocycles. The van der Waals surface area contributed by atoms with E-state index in [0.29, 0.717) is 0 Å². The summed E-state index contributed by atoms with van der Waals surface area (Å²) in [5.41, 5.74) is 6.38. The zero-order chi connectivity index (χ0) is 30.7. The third-order valence-corrected chi connectivity index (χ3v) is 7.32. The molecule has 1 saturated carbocycles. The standard InChI is InChI=1S/C17H25NO2.C12H16O.C4H11N.C2H6/c1-4-13-6-8-14(9-7-13)17(19)18-15-10-5-12(2)16(11-15)20-3;1-5-11-9(3)6-8(2)7-12(11)10(4)13;1-3-4-5-2;1-2/h5,10-11,13-14H,4,6-9H2,1-3H3,(H,18,19);6-7H,5H2,1-4H3;5H,3-4H2,1-2H3;1-2H3.